The summed E-state index contributed by atoms with van der Waals surface area (Å²) in [5, 5.41) is 2.83. The van der Waals surface area contributed by atoms with E-state index in [4.69, 9.17) is 23.9 Å². The number of methoxy groups -OCH3 is 3. The van der Waals surface area contributed by atoms with Gasteiger partial charge in [-0.15, -0.1) is 0 Å². The third-order valence-corrected chi connectivity index (χ3v) is 7.36. The number of nitrogens with zero attached hydrogens (tertiary/aromatic N) is 2. The fourth-order valence-corrected chi connectivity index (χ4v) is 5.37. The van der Waals surface area contributed by atoms with Crippen molar-refractivity contribution in [3.63, 3.8) is 0 Å². The molecular formula is C30H33N3O6S. The first-order valence-corrected chi connectivity index (χ1v) is 13.8. The van der Waals surface area contributed by atoms with Gasteiger partial charge in [0.1, 0.15) is 16.7 Å². The fourth-order valence-electron chi connectivity index (χ4n) is 4.19. The molecule has 9 nitrogen and oxygen atoms in total. The summed E-state index contributed by atoms with van der Waals surface area (Å²) in [6.45, 7) is 2.82. The van der Waals surface area contributed by atoms with Gasteiger partial charge < -0.3 is 24.3 Å². The quantitative estimate of drug-likeness (QED) is 0.319. The molecule has 1 N–H and O–H groups in total. The Bertz CT molecular complexity index is 1360. The molecule has 0 saturated carbocycles. The molecule has 3 aromatic rings. The van der Waals surface area contributed by atoms with Crippen LogP contribution in [0, 0.1) is 0 Å². The van der Waals surface area contributed by atoms with Crippen LogP contribution in [0.25, 0.3) is 0 Å². The smallest absolute Gasteiger partial charge is 0.242 e. The van der Waals surface area contributed by atoms with Crippen molar-refractivity contribution in [3.8, 4) is 23.0 Å². The number of rotatable bonds is 12. The zero-order chi connectivity index (χ0) is 28.5. The number of carbonyl (C=O) groups excluding carboxylic acids is 2. The van der Waals surface area contributed by atoms with Gasteiger partial charge in [0.2, 0.25) is 11.8 Å². The molecule has 1 aliphatic rings. The molecule has 2 amide bonds. The van der Waals surface area contributed by atoms with Crippen LogP contribution in [0.5, 0.6) is 23.0 Å². The van der Waals surface area contributed by atoms with Gasteiger partial charge in [-0.05, 0) is 67.4 Å². The SMILES string of the molecule is CCOc1cccc(NC(=O)CC2SC(=Nc3ccc(OC)cc3)N(CCc3ccc(OC)c(OC)c3)C2=O)c1. The number of benzene rings is 3. The van der Waals surface area contributed by atoms with Crippen molar-refractivity contribution < 1.29 is 28.5 Å². The first kappa shape index (κ1) is 28.8. The molecular weight excluding hydrogens is 530 g/mol. The minimum Gasteiger partial charge on any atom is -0.497 e. The molecule has 4 rings (SSSR count). The Balaban J connectivity index is 1.51. The van der Waals surface area contributed by atoms with Crippen LogP contribution in [-0.2, 0) is 16.0 Å². The zero-order valence-corrected chi connectivity index (χ0v) is 23.8. The van der Waals surface area contributed by atoms with E-state index < -0.39 is 5.25 Å². The Morgan fingerprint density at radius 3 is 2.42 bits per heavy atom. The number of aliphatic imine (C=N–C) groups is 1. The van der Waals surface area contributed by atoms with Crippen LogP contribution in [0.2, 0.25) is 0 Å². The summed E-state index contributed by atoms with van der Waals surface area (Å²) in [4.78, 5) is 32.9. The number of amides is 2. The molecule has 0 spiro atoms. The topological polar surface area (TPSA) is 98.7 Å². The molecule has 10 heteroatoms. The standard InChI is InChI=1S/C30H33N3O6S/c1-5-39-24-8-6-7-22(18-24)31-28(34)19-27-29(35)33(16-15-20-9-14-25(37-3)26(17-20)38-4)30(40-27)32-21-10-12-23(36-2)13-11-21/h6-14,17-18,27H,5,15-16,19H2,1-4H3,(H,31,34). The van der Waals surface area contributed by atoms with Gasteiger partial charge in [-0.2, -0.15) is 0 Å². The average molecular weight is 564 g/mol. The highest BCUT2D eigenvalue weighted by Gasteiger charge is 2.39. The summed E-state index contributed by atoms with van der Waals surface area (Å²) in [7, 11) is 4.78. The van der Waals surface area contributed by atoms with E-state index in [1.807, 2.05) is 61.5 Å². The van der Waals surface area contributed by atoms with Gasteiger partial charge in [0, 0.05) is 24.7 Å². The third-order valence-electron chi connectivity index (χ3n) is 6.19. The summed E-state index contributed by atoms with van der Waals surface area (Å²) in [5.74, 6) is 2.23. The van der Waals surface area contributed by atoms with Gasteiger partial charge in [0.25, 0.3) is 0 Å². The van der Waals surface area contributed by atoms with E-state index in [0.29, 0.717) is 59.1 Å². The van der Waals surface area contributed by atoms with Gasteiger partial charge in [-0.3, -0.25) is 14.5 Å². The van der Waals surface area contributed by atoms with E-state index in [-0.39, 0.29) is 18.2 Å². The molecule has 1 aliphatic heterocycles. The Morgan fingerprint density at radius 1 is 0.950 bits per heavy atom. The van der Waals surface area contributed by atoms with Gasteiger partial charge in [-0.1, -0.05) is 23.9 Å². The molecule has 1 unspecified atom stereocenters. The van der Waals surface area contributed by atoms with Gasteiger partial charge >= 0.3 is 0 Å². The molecule has 1 saturated heterocycles. The van der Waals surface area contributed by atoms with Crippen molar-refractivity contribution in [1.82, 2.24) is 4.90 Å². The van der Waals surface area contributed by atoms with E-state index in [1.54, 1.807) is 38.4 Å². The maximum absolute atomic E-state index is 13.5. The first-order valence-electron chi connectivity index (χ1n) is 12.9. The second-order valence-corrected chi connectivity index (χ2v) is 10.0. The van der Waals surface area contributed by atoms with E-state index in [1.165, 1.54) is 11.8 Å². The second kappa shape index (κ2) is 13.7. The monoisotopic (exact) mass is 563 g/mol. The number of hydrogen-bond donors (Lipinski definition) is 1. The number of hydrogen-bond acceptors (Lipinski definition) is 8. The van der Waals surface area contributed by atoms with Crippen molar-refractivity contribution in [2.75, 3.05) is 39.8 Å². The summed E-state index contributed by atoms with van der Waals surface area (Å²) >= 11 is 1.30. The van der Waals surface area contributed by atoms with Gasteiger partial charge in [0.15, 0.2) is 16.7 Å². The van der Waals surface area contributed by atoms with Crippen molar-refractivity contribution in [3.05, 3.63) is 72.3 Å². The molecule has 1 atom stereocenters. The lowest BCUT2D eigenvalue weighted by molar-refractivity contribution is -0.128. The average Bonchev–Trinajstić information content (AvgIpc) is 3.25. The van der Waals surface area contributed by atoms with E-state index in [9.17, 15) is 9.59 Å². The maximum atomic E-state index is 13.5. The van der Waals surface area contributed by atoms with Crippen LogP contribution < -0.4 is 24.3 Å². The zero-order valence-electron chi connectivity index (χ0n) is 23.0. The summed E-state index contributed by atoms with van der Waals surface area (Å²) < 4.78 is 21.5. The highest BCUT2D eigenvalue weighted by molar-refractivity contribution is 8.15. The molecule has 1 heterocycles. The number of anilines is 1. The van der Waals surface area contributed by atoms with Crippen LogP contribution >= 0.6 is 11.8 Å². The van der Waals surface area contributed by atoms with Crippen LogP contribution in [0.4, 0.5) is 11.4 Å². The number of ether oxygens (including phenoxy) is 4. The normalized spacial score (nSPS) is 15.7. The van der Waals surface area contributed by atoms with E-state index in [2.05, 4.69) is 5.32 Å². The maximum Gasteiger partial charge on any atom is 0.242 e. The Kier molecular flexibility index (Phi) is 9.91. The molecule has 0 bridgehead atoms. The minimum atomic E-state index is -0.600. The fraction of sp³-hybridized carbons (Fsp3) is 0.300. The minimum absolute atomic E-state index is 0.0108. The van der Waals surface area contributed by atoms with Gasteiger partial charge in [-0.25, -0.2) is 4.99 Å². The van der Waals surface area contributed by atoms with Gasteiger partial charge in [0.05, 0.1) is 33.6 Å². The Labute approximate surface area is 238 Å². The molecule has 210 valence electrons. The lowest BCUT2D eigenvalue weighted by atomic mass is 10.1. The summed E-state index contributed by atoms with van der Waals surface area (Å²) in [6, 6.07) is 20.2. The number of thioether (sulfide) groups is 1. The predicted octanol–water partition coefficient (Wildman–Crippen LogP) is 5.31. The summed E-state index contributed by atoms with van der Waals surface area (Å²) in [6.07, 6.45) is 0.578. The van der Waals surface area contributed by atoms with Crippen LogP contribution in [0.1, 0.15) is 18.9 Å². The molecule has 0 aromatic heterocycles. The molecule has 40 heavy (non-hydrogen) atoms. The van der Waals surface area contributed by atoms with Crippen molar-refractivity contribution in [2.24, 2.45) is 4.99 Å². The number of nitrogens with one attached hydrogen (secondary N) is 1. The summed E-state index contributed by atoms with van der Waals surface area (Å²) in [5.41, 5.74) is 2.28. The molecule has 3 aromatic carbocycles. The van der Waals surface area contributed by atoms with Crippen molar-refractivity contribution >= 4 is 40.1 Å². The van der Waals surface area contributed by atoms with Crippen molar-refractivity contribution in [1.29, 1.82) is 0 Å². The highest BCUT2D eigenvalue weighted by Crippen LogP contribution is 2.33. The predicted molar refractivity (Wildman–Crippen MR) is 157 cm³/mol. The molecule has 1 fully saturated rings. The largest absolute Gasteiger partial charge is 0.497 e. The Morgan fingerprint density at radius 2 is 1.73 bits per heavy atom. The van der Waals surface area contributed by atoms with Crippen molar-refractivity contribution in [2.45, 2.75) is 25.0 Å². The second-order valence-electron chi connectivity index (χ2n) is 8.84. The van der Waals surface area contributed by atoms with E-state index in [0.717, 1.165) is 5.56 Å². The lowest BCUT2D eigenvalue weighted by Crippen LogP contribution is -2.35. The van der Waals surface area contributed by atoms with Crippen LogP contribution in [-0.4, -0.2) is 61.6 Å². The van der Waals surface area contributed by atoms with Crippen LogP contribution in [0.3, 0.4) is 0 Å². The number of amidine groups is 1. The van der Waals surface area contributed by atoms with Crippen LogP contribution in [0.15, 0.2) is 71.7 Å². The third kappa shape index (κ3) is 7.26. The Hall–Kier alpha value is -4.18. The number of carbonyl (C=O) groups is 2. The molecule has 0 radical (unpaired) electrons. The highest BCUT2D eigenvalue weighted by atomic mass is 32.2. The molecule has 0 aliphatic carbocycles. The first-order chi connectivity index (χ1) is 19.4. The lowest BCUT2D eigenvalue weighted by Gasteiger charge is -2.17. The van der Waals surface area contributed by atoms with E-state index >= 15 is 0 Å².